The fourth-order valence-corrected chi connectivity index (χ4v) is 3.07. The van der Waals surface area contributed by atoms with Gasteiger partial charge in [-0.3, -0.25) is 9.78 Å². The largest absolute Gasteiger partial charge is 0.333 e. The summed E-state index contributed by atoms with van der Waals surface area (Å²) < 4.78 is 0. The molecule has 2 heterocycles. The Hall–Kier alpha value is -1.13. The lowest BCUT2D eigenvalue weighted by Crippen LogP contribution is -2.49. The molecule has 2 unspecified atom stereocenters. The molecule has 0 radical (unpaired) electrons. The van der Waals surface area contributed by atoms with Gasteiger partial charge in [0.15, 0.2) is 0 Å². The molecule has 1 aromatic heterocycles. The van der Waals surface area contributed by atoms with Crippen LogP contribution in [0.3, 0.4) is 0 Å². The summed E-state index contributed by atoms with van der Waals surface area (Å²) in [5.74, 6) is 1.31. The number of pyridine rings is 1. The number of carbonyl (C=O) groups is 1. The van der Waals surface area contributed by atoms with E-state index in [0.29, 0.717) is 18.3 Å². The topological polar surface area (TPSA) is 45.2 Å². The van der Waals surface area contributed by atoms with Crippen LogP contribution in [0.25, 0.3) is 0 Å². The van der Waals surface area contributed by atoms with Crippen LogP contribution in [0.4, 0.5) is 0 Å². The summed E-state index contributed by atoms with van der Waals surface area (Å²) in [7, 11) is 0. The third-order valence-corrected chi connectivity index (χ3v) is 4.54. The minimum absolute atomic E-state index is 0. The molecule has 5 heteroatoms. The summed E-state index contributed by atoms with van der Waals surface area (Å²) in [6.07, 6.45) is 5.37. The first kappa shape index (κ1) is 18.9. The van der Waals surface area contributed by atoms with Crippen molar-refractivity contribution in [2.24, 2.45) is 11.8 Å². The van der Waals surface area contributed by atoms with E-state index in [1.54, 1.807) is 6.20 Å². The quantitative estimate of drug-likeness (QED) is 0.905. The van der Waals surface area contributed by atoms with Crippen molar-refractivity contribution in [1.82, 2.24) is 15.2 Å². The van der Waals surface area contributed by atoms with Gasteiger partial charge >= 0.3 is 0 Å². The summed E-state index contributed by atoms with van der Waals surface area (Å²) in [5.41, 5.74) is 1.12. The Labute approximate surface area is 140 Å². The highest BCUT2D eigenvalue weighted by Gasteiger charge is 2.29. The number of hydrogen-bond donors (Lipinski definition) is 1. The first-order valence-corrected chi connectivity index (χ1v) is 8.03. The number of nitrogens with one attached hydrogen (secondary N) is 1. The first-order chi connectivity index (χ1) is 10.1. The highest BCUT2D eigenvalue weighted by atomic mass is 35.5. The molecule has 22 heavy (non-hydrogen) atoms. The Bertz CT molecular complexity index is 452. The Morgan fingerprint density at radius 3 is 2.86 bits per heavy atom. The van der Waals surface area contributed by atoms with Crippen LogP contribution in [0.1, 0.15) is 45.2 Å². The zero-order chi connectivity index (χ0) is 15.2. The number of halogens is 1. The number of carbonyl (C=O) groups excluding carboxylic acids is 1. The van der Waals surface area contributed by atoms with Crippen LogP contribution in [0, 0.1) is 11.8 Å². The van der Waals surface area contributed by atoms with Gasteiger partial charge in [0.25, 0.3) is 0 Å². The number of hydrogen-bond acceptors (Lipinski definition) is 3. The molecule has 1 N–H and O–H groups in total. The lowest BCUT2D eigenvalue weighted by molar-refractivity contribution is -0.136. The molecule has 0 aromatic carbocycles. The number of piperazine rings is 1. The van der Waals surface area contributed by atoms with Gasteiger partial charge in [-0.25, -0.2) is 0 Å². The van der Waals surface area contributed by atoms with Crippen molar-refractivity contribution in [3.05, 3.63) is 30.1 Å². The standard InChI is InChI=1S/C17H27N3O.ClH/c1-4-14(13(2)3)10-17(21)20-9-8-19-12-16(20)15-6-5-7-18-11-15;/h5-7,11,13-14,16,19H,4,8-10,12H2,1-3H3;1H. The second-order valence-corrected chi connectivity index (χ2v) is 6.21. The van der Waals surface area contributed by atoms with Crippen LogP contribution in [-0.4, -0.2) is 35.4 Å². The molecule has 0 bridgehead atoms. The van der Waals surface area contributed by atoms with Gasteiger partial charge in [0.05, 0.1) is 6.04 Å². The maximum Gasteiger partial charge on any atom is 0.223 e. The SMILES string of the molecule is CCC(CC(=O)N1CCNCC1c1cccnc1)C(C)C.Cl. The molecular formula is C17H28ClN3O. The van der Waals surface area contributed by atoms with Gasteiger partial charge in [0.2, 0.25) is 5.91 Å². The lowest BCUT2D eigenvalue weighted by atomic mass is 9.89. The van der Waals surface area contributed by atoms with E-state index in [1.165, 1.54) is 0 Å². The molecule has 1 amide bonds. The third-order valence-electron chi connectivity index (χ3n) is 4.54. The Morgan fingerprint density at radius 2 is 2.27 bits per heavy atom. The third kappa shape index (κ3) is 4.68. The molecule has 0 aliphatic carbocycles. The van der Waals surface area contributed by atoms with Gasteiger partial charge in [0, 0.05) is 38.4 Å². The van der Waals surface area contributed by atoms with Crippen molar-refractivity contribution in [3.8, 4) is 0 Å². The van der Waals surface area contributed by atoms with E-state index in [-0.39, 0.29) is 24.4 Å². The minimum Gasteiger partial charge on any atom is -0.333 e. The second-order valence-electron chi connectivity index (χ2n) is 6.21. The van der Waals surface area contributed by atoms with E-state index in [4.69, 9.17) is 0 Å². The smallest absolute Gasteiger partial charge is 0.223 e. The molecule has 1 aliphatic heterocycles. The van der Waals surface area contributed by atoms with E-state index in [0.717, 1.165) is 31.6 Å². The van der Waals surface area contributed by atoms with Gasteiger partial charge in [0.1, 0.15) is 0 Å². The van der Waals surface area contributed by atoms with E-state index in [2.05, 4.69) is 37.1 Å². The van der Waals surface area contributed by atoms with Gasteiger partial charge in [-0.2, -0.15) is 0 Å². The number of aromatic nitrogens is 1. The van der Waals surface area contributed by atoms with Crippen molar-refractivity contribution in [2.45, 2.75) is 39.7 Å². The van der Waals surface area contributed by atoms with E-state index in [1.807, 2.05) is 17.2 Å². The highest BCUT2D eigenvalue weighted by molar-refractivity contribution is 5.85. The van der Waals surface area contributed by atoms with Gasteiger partial charge in [-0.1, -0.05) is 33.3 Å². The van der Waals surface area contributed by atoms with Crippen LogP contribution < -0.4 is 5.32 Å². The predicted molar refractivity (Wildman–Crippen MR) is 92.0 cm³/mol. The summed E-state index contributed by atoms with van der Waals surface area (Å²) in [4.78, 5) is 19.0. The summed E-state index contributed by atoms with van der Waals surface area (Å²) in [5, 5.41) is 3.39. The van der Waals surface area contributed by atoms with Crippen molar-refractivity contribution in [2.75, 3.05) is 19.6 Å². The lowest BCUT2D eigenvalue weighted by Gasteiger charge is -2.37. The Kier molecular flexibility index (Phi) is 7.83. The summed E-state index contributed by atoms with van der Waals surface area (Å²) in [6.45, 7) is 9.06. The molecule has 1 fully saturated rings. The van der Waals surface area contributed by atoms with E-state index >= 15 is 0 Å². The van der Waals surface area contributed by atoms with Crippen molar-refractivity contribution in [1.29, 1.82) is 0 Å². The normalized spacial score (nSPS) is 19.6. The van der Waals surface area contributed by atoms with Crippen LogP contribution in [0.15, 0.2) is 24.5 Å². The maximum absolute atomic E-state index is 12.7. The zero-order valence-corrected chi connectivity index (χ0v) is 14.6. The van der Waals surface area contributed by atoms with Crippen molar-refractivity contribution < 1.29 is 4.79 Å². The fraction of sp³-hybridized carbons (Fsp3) is 0.647. The summed E-state index contributed by atoms with van der Waals surface area (Å²) in [6, 6.07) is 4.12. The van der Waals surface area contributed by atoms with E-state index < -0.39 is 0 Å². The van der Waals surface area contributed by atoms with Crippen molar-refractivity contribution >= 4 is 18.3 Å². The fourth-order valence-electron chi connectivity index (χ4n) is 3.07. The molecule has 124 valence electrons. The van der Waals surface area contributed by atoms with Crippen molar-refractivity contribution in [3.63, 3.8) is 0 Å². The monoisotopic (exact) mass is 325 g/mol. The zero-order valence-electron chi connectivity index (χ0n) is 13.8. The molecule has 1 aromatic rings. The van der Waals surface area contributed by atoms with Gasteiger partial charge < -0.3 is 10.2 Å². The van der Waals surface area contributed by atoms with Crippen LogP contribution >= 0.6 is 12.4 Å². The molecule has 1 saturated heterocycles. The van der Waals surface area contributed by atoms with Gasteiger partial charge in [-0.05, 0) is 23.5 Å². The van der Waals surface area contributed by atoms with E-state index in [9.17, 15) is 4.79 Å². The minimum atomic E-state index is 0. The molecule has 4 nitrogen and oxygen atoms in total. The molecule has 2 rings (SSSR count). The molecular weight excluding hydrogens is 298 g/mol. The molecule has 0 spiro atoms. The summed E-state index contributed by atoms with van der Waals surface area (Å²) >= 11 is 0. The second kappa shape index (κ2) is 9.11. The highest BCUT2D eigenvalue weighted by Crippen LogP contribution is 2.26. The Balaban J connectivity index is 0.00000242. The first-order valence-electron chi connectivity index (χ1n) is 8.03. The van der Waals surface area contributed by atoms with Crippen LogP contribution in [-0.2, 0) is 4.79 Å². The number of nitrogens with zero attached hydrogens (tertiary/aromatic N) is 2. The number of amides is 1. The average Bonchev–Trinajstić information content (AvgIpc) is 2.53. The molecule has 0 saturated carbocycles. The molecule has 2 atom stereocenters. The average molecular weight is 326 g/mol. The maximum atomic E-state index is 12.7. The predicted octanol–water partition coefficient (Wildman–Crippen LogP) is 3.05. The van der Waals surface area contributed by atoms with Crippen LogP contribution in [0.2, 0.25) is 0 Å². The Morgan fingerprint density at radius 1 is 1.50 bits per heavy atom. The van der Waals surface area contributed by atoms with Crippen LogP contribution in [0.5, 0.6) is 0 Å². The number of rotatable bonds is 5. The van der Waals surface area contributed by atoms with Gasteiger partial charge in [-0.15, -0.1) is 12.4 Å². The molecule has 1 aliphatic rings.